The Morgan fingerprint density at radius 1 is 1.09 bits per heavy atom. The molecular formula is C16H24N4O2S. The first-order chi connectivity index (χ1) is 11.1. The quantitative estimate of drug-likeness (QED) is 0.900. The van der Waals surface area contributed by atoms with Gasteiger partial charge < -0.3 is 10.2 Å². The molecular weight excluding hydrogens is 312 g/mol. The number of nitrogens with one attached hydrogen (secondary N) is 1. The third-order valence-electron chi connectivity index (χ3n) is 5.43. The van der Waals surface area contributed by atoms with Crippen LogP contribution in [0.5, 0.6) is 0 Å². The Kier molecular flexibility index (Phi) is 4.03. The lowest BCUT2D eigenvalue weighted by Gasteiger charge is -2.45. The molecule has 0 amide bonds. The maximum absolute atomic E-state index is 12.5. The summed E-state index contributed by atoms with van der Waals surface area (Å²) in [4.78, 5) is 7.15. The minimum absolute atomic E-state index is 0.305. The van der Waals surface area contributed by atoms with Crippen LogP contribution in [0, 0.1) is 5.92 Å². The highest BCUT2D eigenvalue weighted by atomic mass is 32.2. The number of aromatic nitrogens is 1. The standard InChI is InChI=1S/C16H24N4O2S/c21-23(22,20-7-1-2-8-20)14-3-4-16(17-11-14)18-15-12-19-9-5-13(15)6-10-19/h3-4,11,13,15H,1-2,5-10,12H2,(H,17,18)/t15-/m1/s1. The Bertz CT molecular complexity index is 647. The number of piperidine rings is 3. The Balaban J connectivity index is 1.46. The topological polar surface area (TPSA) is 65.5 Å². The molecule has 0 unspecified atom stereocenters. The summed E-state index contributed by atoms with van der Waals surface area (Å²) in [5.41, 5.74) is 0. The highest BCUT2D eigenvalue weighted by Gasteiger charge is 2.34. The van der Waals surface area contributed by atoms with E-state index in [1.54, 1.807) is 16.4 Å². The fourth-order valence-electron chi connectivity index (χ4n) is 4.01. The smallest absolute Gasteiger partial charge is 0.244 e. The zero-order valence-corrected chi connectivity index (χ0v) is 14.1. The molecule has 0 spiro atoms. The Labute approximate surface area is 137 Å². The molecule has 0 radical (unpaired) electrons. The third kappa shape index (κ3) is 2.97. The van der Waals surface area contributed by atoms with E-state index in [2.05, 4.69) is 15.2 Å². The number of pyridine rings is 1. The van der Waals surface area contributed by atoms with Crippen molar-refractivity contribution in [2.24, 2.45) is 5.92 Å². The van der Waals surface area contributed by atoms with Crippen LogP contribution in [0.3, 0.4) is 0 Å². The zero-order valence-electron chi connectivity index (χ0n) is 13.3. The van der Waals surface area contributed by atoms with Crippen LogP contribution in [-0.4, -0.2) is 61.4 Å². The number of nitrogens with zero attached hydrogens (tertiary/aromatic N) is 3. The molecule has 6 nitrogen and oxygen atoms in total. The lowest BCUT2D eigenvalue weighted by molar-refractivity contribution is 0.0974. The van der Waals surface area contributed by atoms with Gasteiger partial charge in [0.05, 0.1) is 0 Å². The minimum Gasteiger partial charge on any atom is -0.366 e. The van der Waals surface area contributed by atoms with Crippen molar-refractivity contribution < 1.29 is 8.42 Å². The van der Waals surface area contributed by atoms with Crippen molar-refractivity contribution in [3.8, 4) is 0 Å². The van der Waals surface area contributed by atoms with Gasteiger partial charge in [-0.2, -0.15) is 4.31 Å². The first-order valence-electron chi connectivity index (χ1n) is 8.58. The van der Waals surface area contributed by atoms with E-state index in [0.717, 1.165) is 31.1 Å². The maximum Gasteiger partial charge on any atom is 0.244 e. The van der Waals surface area contributed by atoms with E-state index in [0.29, 0.717) is 24.0 Å². The number of rotatable bonds is 4. The highest BCUT2D eigenvalue weighted by molar-refractivity contribution is 7.89. The van der Waals surface area contributed by atoms with Crippen molar-refractivity contribution in [2.75, 3.05) is 38.0 Å². The molecule has 0 aliphatic carbocycles. The lowest BCUT2D eigenvalue weighted by Crippen LogP contribution is -2.53. The van der Waals surface area contributed by atoms with Gasteiger partial charge in [-0.1, -0.05) is 0 Å². The van der Waals surface area contributed by atoms with Gasteiger partial charge in [0, 0.05) is 31.9 Å². The van der Waals surface area contributed by atoms with Gasteiger partial charge in [0.1, 0.15) is 10.7 Å². The van der Waals surface area contributed by atoms with E-state index in [-0.39, 0.29) is 0 Å². The van der Waals surface area contributed by atoms with Crippen LogP contribution < -0.4 is 5.32 Å². The summed E-state index contributed by atoms with van der Waals surface area (Å²) in [5.74, 6) is 1.50. The second-order valence-electron chi connectivity index (χ2n) is 6.88. The summed E-state index contributed by atoms with van der Waals surface area (Å²) < 4.78 is 26.6. The first-order valence-corrected chi connectivity index (χ1v) is 10.0. The van der Waals surface area contributed by atoms with Crippen LogP contribution in [0.2, 0.25) is 0 Å². The molecule has 4 fully saturated rings. The average molecular weight is 336 g/mol. The minimum atomic E-state index is -3.36. The molecule has 7 heteroatoms. The summed E-state index contributed by atoms with van der Waals surface area (Å²) in [6, 6.07) is 3.93. The molecule has 23 heavy (non-hydrogen) atoms. The van der Waals surface area contributed by atoms with Gasteiger partial charge in [-0.15, -0.1) is 0 Å². The number of sulfonamides is 1. The van der Waals surface area contributed by atoms with E-state index >= 15 is 0 Å². The Morgan fingerprint density at radius 3 is 2.39 bits per heavy atom. The number of hydrogen-bond donors (Lipinski definition) is 1. The number of anilines is 1. The maximum atomic E-state index is 12.5. The van der Waals surface area contributed by atoms with Gasteiger partial charge in [-0.3, -0.25) is 0 Å². The van der Waals surface area contributed by atoms with Crippen LogP contribution in [0.15, 0.2) is 23.2 Å². The van der Waals surface area contributed by atoms with Gasteiger partial charge in [0.2, 0.25) is 10.0 Å². The molecule has 1 aromatic rings. The fourth-order valence-corrected chi connectivity index (χ4v) is 5.48. The summed E-state index contributed by atoms with van der Waals surface area (Å²) in [5, 5.41) is 3.50. The Morgan fingerprint density at radius 2 is 1.83 bits per heavy atom. The highest BCUT2D eigenvalue weighted by Crippen LogP contribution is 2.29. The normalized spacial score (nSPS) is 31.4. The SMILES string of the molecule is O=S(=O)(c1ccc(N[C@@H]2CN3CCC2CC3)nc1)N1CCCC1. The average Bonchev–Trinajstić information content (AvgIpc) is 3.12. The van der Waals surface area contributed by atoms with Crippen LogP contribution in [0.25, 0.3) is 0 Å². The molecule has 4 aliphatic heterocycles. The summed E-state index contributed by atoms with van der Waals surface area (Å²) in [6.45, 7) is 4.75. The summed E-state index contributed by atoms with van der Waals surface area (Å²) >= 11 is 0. The molecule has 0 aromatic carbocycles. The summed E-state index contributed by atoms with van der Waals surface area (Å²) in [7, 11) is -3.36. The van der Waals surface area contributed by atoms with Gasteiger partial charge in [0.15, 0.2) is 0 Å². The van der Waals surface area contributed by atoms with Gasteiger partial charge in [-0.25, -0.2) is 13.4 Å². The molecule has 4 aliphatic rings. The van der Waals surface area contributed by atoms with E-state index in [9.17, 15) is 8.42 Å². The van der Waals surface area contributed by atoms with E-state index in [4.69, 9.17) is 0 Å². The van der Waals surface area contributed by atoms with Crippen LogP contribution in [0.1, 0.15) is 25.7 Å². The molecule has 1 N–H and O–H groups in total. The predicted molar refractivity (Wildman–Crippen MR) is 88.8 cm³/mol. The molecule has 2 bridgehead atoms. The second kappa shape index (κ2) is 6.03. The molecule has 0 saturated carbocycles. The summed E-state index contributed by atoms with van der Waals surface area (Å²) in [6.07, 6.45) is 5.90. The van der Waals surface area contributed by atoms with Crippen LogP contribution in [0.4, 0.5) is 5.82 Å². The molecule has 5 rings (SSSR count). The largest absolute Gasteiger partial charge is 0.366 e. The monoisotopic (exact) mass is 336 g/mol. The molecule has 5 heterocycles. The lowest BCUT2D eigenvalue weighted by atomic mass is 9.84. The molecule has 1 aromatic heterocycles. The van der Waals surface area contributed by atoms with Crippen LogP contribution >= 0.6 is 0 Å². The van der Waals surface area contributed by atoms with Crippen molar-refractivity contribution in [1.82, 2.24) is 14.2 Å². The number of hydrogen-bond acceptors (Lipinski definition) is 5. The van der Waals surface area contributed by atoms with Gasteiger partial charge >= 0.3 is 0 Å². The van der Waals surface area contributed by atoms with E-state index < -0.39 is 10.0 Å². The van der Waals surface area contributed by atoms with Crippen molar-refractivity contribution >= 4 is 15.8 Å². The van der Waals surface area contributed by atoms with Crippen LogP contribution in [-0.2, 0) is 10.0 Å². The van der Waals surface area contributed by atoms with Crippen molar-refractivity contribution in [3.05, 3.63) is 18.3 Å². The fraction of sp³-hybridized carbons (Fsp3) is 0.688. The Hall–Kier alpha value is -1.18. The van der Waals surface area contributed by atoms with E-state index in [1.807, 2.05) is 0 Å². The molecule has 4 saturated heterocycles. The van der Waals surface area contributed by atoms with Gasteiger partial charge in [0.25, 0.3) is 0 Å². The van der Waals surface area contributed by atoms with E-state index in [1.165, 1.54) is 32.1 Å². The van der Waals surface area contributed by atoms with Crippen molar-refractivity contribution in [2.45, 2.75) is 36.6 Å². The molecule has 1 atom stereocenters. The third-order valence-corrected chi connectivity index (χ3v) is 7.31. The number of fused-ring (bicyclic) bond motifs is 3. The molecule has 126 valence electrons. The first kappa shape index (κ1) is 15.4. The zero-order chi connectivity index (χ0) is 15.9. The van der Waals surface area contributed by atoms with Gasteiger partial charge in [-0.05, 0) is 56.8 Å². The van der Waals surface area contributed by atoms with Crippen molar-refractivity contribution in [1.29, 1.82) is 0 Å². The second-order valence-corrected chi connectivity index (χ2v) is 8.82. The predicted octanol–water partition coefficient (Wildman–Crippen LogP) is 1.37. The van der Waals surface area contributed by atoms with Crippen molar-refractivity contribution in [3.63, 3.8) is 0 Å².